The van der Waals surface area contributed by atoms with Gasteiger partial charge in [-0.2, -0.15) is 0 Å². The molecule has 0 aliphatic carbocycles. The van der Waals surface area contributed by atoms with Crippen molar-refractivity contribution in [1.82, 2.24) is 5.32 Å². The second-order valence-electron chi connectivity index (χ2n) is 22.5. The fraction of sp³-hybridized carbons (Fsp3) is 0.662. The topological polar surface area (TPSA) is 114 Å². The molecule has 0 radical (unpaired) electrons. The van der Waals surface area contributed by atoms with Crippen molar-refractivity contribution in [2.24, 2.45) is 0 Å². The van der Waals surface area contributed by atoms with Crippen LogP contribution < -0.4 is 10.2 Å². The summed E-state index contributed by atoms with van der Waals surface area (Å²) in [6, 6.07) is -0.920. The smallest absolute Gasteiger partial charge is 0.306 e. The number of quaternary nitrogens is 1. The van der Waals surface area contributed by atoms with E-state index in [1.165, 1.54) is 70.6 Å². The number of hydrogen-bond acceptors (Lipinski definition) is 7. The van der Waals surface area contributed by atoms with Crippen LogP contribution in [0.3, 0.4) is 0 Å². The fourth-order valence-corrected chi connectivity index (χ4v) is 9.29. The molecule has 0 aliphatic heterocycles. The molecule has 1 amide bonds. The van der Waals surface area contributed by atoms with E-state index < -0.39 is 26.6 Å². The van der Waals surface area contributed by atoms with E-state index in [9.17, 15) is 19.0 Å². The van der Waals surface area contributed by atoms with Gasteiger partial charge in [-0.3, -0.25) is 14.2 Å². The van der Waals surface area contributed by atoms with E-state index in [0.717, 1.165) is 135 Å². The van der Waals surface area contributed by atoms with Crippen LogP contribution in [0.2, 0.25) is 0 Å². The van der Waals surface area contributed by atoms with Crippen molar-refractivity contribution in [1.29, 1.82) is 0 Å². The molecule has 0 heterocycles. The Balaban J connectivity index is 5.27. The van der Waals surface area contributed by atoms with Gasteiger partial charge in [-0.25, -0.2) is 0 Å². The molecule has 9 nitrogen and oxygen atoms in total. The number of likely N-dealkylation sites (N-methyl/N-ethyl adjacent to an activating group) is 1. The Morgan fingerprint density at radius 3 is 1.21 bits per heavy atom. The molecule has 0 aromatic heterocycles. The predicted molar refractivity (Wildman–Crippen MR) is 348 cm³/mol. The average Bonchev–Trinajstić information content (AvgIpc) is 3.44. The Morgan fingerprint density at radius 2 is 0.790 bits per heavy atom. The normalized spacial score (nSPS) is 14.5. The molecule has 3 unspecified atom stereocenters. The van der Waals surface area contributed by atoms with E-state index in [1.807, 2.05) is 33.3 Å². The van der Waals surface area contributed by atoms with Crippen LogP contribution >= 0.6 is 7.82 Å². The first kappa shape index (κ1) is 77.2. The summed E-state index contributed by atoms with van der Waals surface area (Å²) in [4.78, 5) is 40.0. The lowest BCUT2D eigenvalue weighted by atomic mass is 10.1. The van der Waals surface area contributed by atoms with Crippen molar-refractivity contribution in [2.45, 2.75) is 264 Å². The van der Waals surface area contributed by atoms with E-state index in [4.69, 9.17) is 13.8 Å². The summed E-state index contributed by atoms with van der Waals surface area (Å²) in [7, 11) is 1.14. The minimum Gasteiger partial charge on any atom is -0.756 e. The summed E-state index contributed by atoms with van der Waals surface area (Å²) in [6.07, 6.45) is 84.2. The van der Waals surface area contributed by atoms with Gasteiger partial charge in [0, 0.05) is 12.8 Å². The zero-order valence-corrected chi connectivity index (χ0v) is 53.6. The monoisotopic (exact) mass is 1140 g/mol. The molecule has 0 aliphatic rings. The third-order valence-corrected chi connectivity index (χ3v) is 14.5. The molecule has 0 spiro atoms. The van der Waals surface area contributed by atoms with Crippen LogP contribution in [0, 0.1) is 0 Å². The molecule has 0 aromatic rings. The molecule has 0 saturated carbocycles. The number of phosphoric ester groups is 1. The number of esters is 1. The Morgan fingerprint density at radius 1 is 0.444 bits per heavy atom. The van der Waals surface area contributed by atoms with Gasteiger partial charge in [-0.05, 0) is 128 Å². The standard InChI is InChI=1S/C71H121N2O7P/c1-7-10-13-16-19-22-25-27-29-31-33-35-36-38-40-42-44-46-49-52-55-58-61-64-71(75)80-69(62-59-56-53-50-47-24-21-18-15-12-9-3)68(67-79-81(76,77)78-66-65-73(4,5)6)72-70(74)63-60-57-54-51-48-45-43-41-39-37-34-32-30-28-26-23-20-17-14-11-8-2/h10,13,19-20,22-23,27-30,33-35,37-38,40-41,43-44,46,59,62,68-69H,7-9,11-12,14-18,21,24-26,31-32,36,39,42,45,47-58,60-61,63-67H2,1-6H3,(H-,72,74,76,77)/b13-10-,22-19-,23-20-,29-27-,30-28-,35-33-,37-34-,40-38-,43-41-,46-44-,62-59+. The zero-order valence-electron chi connectivity index (χ0n) is 52.7. The minimum atomic E-state index is -4.72. The number of nitrogens with zero attached hydrogens (tertiary/aromatic N) is 1. The molecule has 462 valence electrons. The SMILES string of the molecule is CC/C=C\C/C=C\C/C=C\C/C=C\C/C=C\C/C=C\CCCCCCC(=O)OC(/C=C/CCCCCCCCCCC)C(COP(=O)([O-])OCC[N+](C)(C)C)NC(=O)CCCCCCC/C=C\C/C=C\C/C=C\C/C=C\CCCCC. The predicted octanol–water partition coefficient (Wildman–Crippen LogP) is 19.8. The van der Waals surface area contributed by atoms with E-state index in [2.05, 4.69) is 148 Å². The van der Waals surface area contributed by atoms with Gasteiger partial charge in [0.15, 0.2) is 0 Å². The fourth-order valence-electron chi connectivity index (χ4n) is 8.57. The number of allylic oxidation sites excluding steroid dienone is 21. The highest BCUT2D eigenvalue weighted by atomic mass is 31.2. The quantitative estimate of drug-likeness (QED) is 0.0212. The van der Waals surface area contributed by atoms with Crippen LogP contribution in [0.25, 0.3) is 0 Å². The van der Waals surface area contributed by atoms with Gasteiger partial charge in [-0.1, -0.05) is 245 Å². The summed E-state index contributed by atoms with van der Waals surface area (Å²) in [5, 5.41) is 3.01. The van der Waals surface area contributed by atoms with Gasteiger partial charge >= 0.3 is 5.97 Å². The van der Waals surface area contributed by atoms with E-state index >= 15 is 0 Å². The van der Waals surface area contributed by atoms with Crippen molar-refractivity contribution >= 4 is 19.7 Å². The summed E-state index contributed by atoms with van der Waals surface area (Å²) in [5.41, 5.74) is 0. The maximum atomic E-state index is 13.5. The van der Waals surface area contributed by atoms with Crippen molar-refractivity contribution in [3.63, 3.8) is 0 Å². The third-order valence-electron chi connectivity index (χ3n) is 13.6. The van der Waals surface area contributed by atoms with Gasteiger partial charge < -0.3 is 28.5 Å². The highest BCUT2D eigenvalue weighted by molar-refractivity contribution is 7.45. The lowest BCUT2D eigenvalue weighted by Gasteiger charge is -2.30. The minimum absolute atomic E-state index is 0.0384. The van der Waals surface area contributed by atoms with Crippen molar-refractivity contribution < 1.29 is 37.3 Å². The average molecular weight is 1150 g/mol. The van der Waals surface area contributed by atoms with Gasteiger partial charge in [0.05, 0.1) is 33.8 Å². The molecule has 0 bridgehead atoms. The summed E-state index contributed by atoms with van der Waals surface area (Å²) >= 11 is 0. The Hall–Kier alpha value is -3.85. The van der Waals surface area contributed by atoms with Crippen LogP contribution in [0.4, 0.5) is 0 Å². The number of rotatable bonds is 57. The number of carbonyl (C=O) groups excluding carboxylic acids is 2. The van der Waals surface area contributed by atoms with E-state index in [0.29, 0.717) is 23.9 Å². The van der Waals surface area contributed by atoms with Crippen molar-refractivity contribution in [3.8, 4) is 0 Å². The molecule has 1 N–H and O–H groups in total. The van der Waals surface area contributed by atoms with Crippen LogP contribution in [-0.2, 0) is 27.9 Å². The second-order valence-corrected chi connectivity index (χ2v) is 23.9. The van der Waals surface area contributed by atoms with Gasteiger partial charge in [0.25, 0.3) is 7.82 Å². The summed E-state index contributed by atoms with van der Waals surface area (Å²) in [6.45, 7) is 6.65. The zero-order chi connectivity index (χ0) is 59.3. The largest absolute Gasteiger partial charge is 0.756 e. The maximum Gasteiger partial charge on any atom is 0.306 e. The first-order valence-electron chi connectivity index (χ1n) is 32.5. The van der Waals surface area contributed by atoms with Crippen LogP contribution in [-0.4, -0.2) is 69.4 Å². The first-order chi connectivity index (χ1) is 39.4. The van der Waals surface area contributed by atoms with E-state index in [-0.39, 0.29) is 31.3 Å². The molecule has 0 rings (SSSR count). The number of amides is 1. The highest BCUT2D eigenvalue weighted by Crippen LogP contribution is 2.38. The van der Waals surface area contributed by atoms with Crippen LogP contribution in [0.5, 0.6) is 0 Å². The van der Waals surface area contributed by atoms with Crippen molar-refractivity contribution in [2.75, 3.05) is 40.9 Å². The third kappa shape index (κ3) is 60.6. The number of unbranched alkanes of at least 4 members (excludes halogenated alkanes) is 21. The highest BCUT2D eigenvalue weighted by Gasteiger charge is 2.27. The second kappa shape index (κ2) is 59.3. The van der Waals surface area contributed by atoms with Crippen molar-refractivity contribution in [3.05, 3.63) is 134 Å². The molecule has 10 heteroatoms. The number of ether oxygens (including phenoxy) is 1. The number of phosphoric acid groups is 1. The van der Waals surface area contributed by atoms with Gasteiger partial charge in [-0.15, -0.1) is 0 Å². The van der Waals surface area contributed by atoms with Gasteiger partial charge in [0.2, 0.25) is 5.91 Å². The lowest BCUT2D eigenvalue weighted by molar-refractivity contribution is -0.870. The molecular weight excluding hydrogens is 1020 g/mol. The van der Waals surface area contributed by atoms with Crippen LogP contribution in [0.15, 0.2) is 134 Å². The Kier molecular flexibility index (Phi) is 56.5. The Bertz CT molecular complexity index is 1850. The summed E-state index contributed by atoms with van der Waals surface area (Å²) in [5.74, 6) is -0.601. The number of carbonyl (C=O) groups is 2. The van der Waals surface area contributed by atoms with E-state index in [1.54, 1.807) is 0 Å². The lowest BCUT2D eigenvalue weighted by Crippen LogP contribution is -2.47. The Labute approximate surface area is 498 Å². The molecule has 81 heavy (non-hydrogen) atoms. The molecule has 0 aromatic carbocycles. The number of nitrogens with one attached hydrogen (secondary N) is 1. The molecule has 3 atom stereocenters. The maximum absolute atomic E-state index is 13.5. The van der Waals surface area contributed by atoms with Gasteiger partial charge in [0.1, 0.15) is 19.3 Å². The first-order valence-corrected chi connectivity index (χ1v) is 34.0. The van der Waals surface area contributed by atoms with Crippen LogP contribution in [0.1, 0.15) is 252 Å². The summed E-state index contributed by atoms with van der Waals surface area (Å²) < 4.78 is 30.3. The molecule has 0 fully saturated rings. The molecule has 0 saturated heterocycles. The number of hydrogen-bond donors (Lipinski definition) is 1. The molecular formula is C71H121N2O7P.